The Labute approximate surface area is 105 Å². The lowest BCUT2D eigenvalue weighted by Gasteiger charge is -2.17. The van der Waals surface area contributed by atoms with Gasteiger partial charge in [0.05, 0.1) is 5.56 Å². The zero-order valence-corrected chi connectivity index (χ0v) is 10.2. The number of rotatable bonds is 5. The van der Waals surface area contributed by atoms with Crippen LogP contribution in [0.1, 0.15) is 25.8 Å². The van der Waals surface area contributed by atoms with E-state index < -0.39 is 17.9 Å². The summed E-state index contributed by atoms with van der Waals surface area (Å²) in [6.45, 7) is 3.76. The number of ether oxygens (including phenoxy) is 1. The van der Waals surface area contributed by atoms with Crippen molar-refractivity contribution in [1.82, 2.24) is 0 Å². The second-order valence-corrected chi connectivity index (χ2v) is 4.33. The smallest absolute Gasteiger partial charge is 0.344 e. The highest BCUT2D eigenvalue weighted by Gasteiger charge is 2.21. The third-order valence-corrected chi connectivity index (χ3v) is 2.30. The van der Waals surface area contributed by atoms with Crippen molar-refractivity contribution in [1.29, 1.82) is 5.26 Å². The van der Waals surface area contributed by atoms with Gasteiger partial charge < -0.3 is 9.84 Å². The summed E-state index contributed by atoms with van der Waals surface area (Å²) in [5.41, 5.74) is -0.166. The average molecular weight is 251 g/mol. The summed E-state index contributed by atoms with van der Waals surface area (Å²) >= 11 is 0. The van der Waals surface area contributed by atoms with Crippen molar-refractivity contribution in [3.63, 3.8) is 0 Å². The zero-order chi connectivity index (χ0) is 13.7. The molecule has 4 nitrogen and oxygen atoms in total. The first-order valence-electron chi connectivity index (χ1n) is 5.53. The molecular weight excluding hydrogens is 237 g/mol. The van der Waals surface area contributed by atoms with Crippen molar-refractivity contribution < 1.29 is 19.0 Å². The fourth-order valence-electron chi connectivity index (χ4n) is 1.46. The van der Waals surface area contributed by atoms with Gasteiger partial charge in [-0.3, -0.25) is 0 Å². The van der Waals surface area contributed by atoms with Crippen LogP contribution in [-0.2, 0) is 4.79 Å². The van der Waals surface area contributed by atoms with Crippen molar-refractivity contribution in [2.75, 3.05) is 0 Å². The Kier molecular flexibility index (Phi) is 4.67. The van der Waals surface area contributed by atoms with Gasteiger partial charge in [0, 0.05) is 6.07 Å². The molecule has 0 saturated heterocycles. The Bertz CT molecular complexity index is 480. The molecule has 1 rings (SSSR count). The molecule has 0 fully saturated rings. The van der Waals surface area contributed by atoms with Gasteiger partial charge in [-0.2, -0.15) is 5.26 Å². The predicted octanol–water partition coefficient (Wildman–Crippen LogP) is 2.58. The van der Waals surface area contributed by atoms with E-state index in [0.29, 0.717) is 6.42 Å². The van der Waals surface area contributed by atoms with E-state index in [4.69, 9.17) is 15.1 Å². The van der Waals surface area contributed by atoms with Crippen LogP contribution in [0.5, 0.6) is 5.75 Å². The molecular formula is C13H14FNO3. The Morgan fingerprint density at radius 2 is 2.22 bits per heavy atom. The topological polar surface area (TPSA) is 70.3 Å². The van der Waals surface area contributed by atoms with Gasteiger partial charge in [0.1, 0.15) is 17.6 Å². The van der Waals surface area contributed by atoms with E-state index in [-0.39, 0.29) is 17.2 Å². The van der Waals surface area contributed by atoms with Crippen molar-refractivity contribution in [3.8, 4) is 11.8 Å². The maximum atomic E-state index is 13.1. The van der Waals surface area contributed by atoms with Crippen LogP contribution in [0.15, 0.2) is 18.2 Å². The van der Waals surface area contributed by atoms with Gasteiger partial charge in [0.25, 0.3) is 0 Å². The van der Waals surface area contributed by atoms with E-state index in [9.17, 15) is 9.18 Å². The summed E-state index contributed by atoms with van der Waals surface area (Å²) in [7, 11) is 0. The first kappa shape index (κ1) is 14.0. The Morgan fingerprint density at radius 1 is 1.56 bits per heavy atom. The Balaban J connectivity index is 2.88. The lowest BCUT2D eigenvalue weighted by Crippen LogP contribution is -2.28. The van der Waals surface area contributed by atoms with Gasteiger partial charge in [-0.25, -0.2) is 9.18 Å². The number of carbonyl (C=O) groups is 1. The first-order valence-corrected chi connectivity index (χ1v) is 5.53. The molecule has 0 radical (unpaired) electrons. The fraction of sp³-hybridized carbons (Fsp3) is 0.385. The van der Waals surface area contributed by atoms with E-state index in [0.717, 1.165) is 6.07 Å². The van der Waals surface area contributed by atoms with Gasteiger partial charge in [-0.1, -0.05) is 13.8 Å². The molecule has 0 bridgehead atoms. The third kappa shape index (κ3) is 3.74. The molecule has 0 aliphatic rings. The summed E-state index contributed by atoms with van der Waals surface area (Å²) in [5, 5.41) is 17.7. The summed E-state index contributed by atoms with van der Waals surface area (Å²) in [6, 6.07) is 5.27. The molecule has 1 aromatic carbocycles. The molecule has 1 atom stereocenters. The number of nitrogens with zero attached hydrogens (tertiary/aromatic N) is 1. The standard InChI is InChI=1S/C13H14FNO3/c1-8(2)5-12(13(16)17)18-10-3-4-11(14)9(6-10)7-15/h3-4,6,8,12H,5H2,1-2H3,(H,16,17). The van der Waals surface area contributed by atoms with Crippen molar-refractivity contribution in [2.24, 2.45) is 5.92 Å². The number of nitriles is 1. The predicted molar refractivity (Wildman–Crippen MR) is 62.6 cm³/mol. The minimum Gasteiger partial charge on any atom is -0.479 e. The van der Waals surface area contributed by atoms with Crippen LogP contribution in [0.25, 0.3) is 0 Å². The number of hydrogen-bond donors (Lipinski definition) is 1. The minimum absolute atomic E-state index is 0.155. The Morgan fingerprint density at radius 3 is 2.72 bits per heavy atom. The minimum atomic E-state index is -1.08. The number of carboxylic acid groups (broad SMARTS) is 1. The average Bonchev–Trinajstić information content (AvgIpc) is 2.29. The van der Waals surface area contributed by atoms with Gasteiger partial charge in [-0.05, 0) is 24.5 Å². The normalized spacial score (nSPS) is 11.9. The van der Waals surface area contributed by atoms with E-state index in [2.05, 4.69) is 0 Å². The van der Waals surface area contributed by atoms with E-state index >= 15 is 0 Å². The molecule has 0 amide bonds. The molecule has 0 saturated carbocycles. The van der Waals surface area contributed by atoms with Crippen LogP contribution in [0.4, 0.5) is 4.39 Å². The maximum Gasteiger partial charge on any atom is 0.344 e. The largest absolute Gasteiger partial charge is 0.479 e. The van der Waals surface area contributed by atoms with Crippen molar-refractivity contribution >= 4 is 5.97 Å². The summed E-state index contributed by atoms with van der Waals surface area (Å²) in [4.78, 5) is 11.0. The van der Waals surface area contributed by atoms with Crippen LogP contribution in [0.3, 0.4) is 0 Å². The molecule has 1 N–H and O–H groups in total. The monoisotopic (exact) mass is 251 g/mol. The first-order chi connectivity index (χ1) is 8.43. The Hall–Kier alpha value is -2.09. The molecule has 0 aliphatic carbocycles. The lowest BCUT2D eigenvalue weighted by molar-refractivity contribution is -0.145. The molecule has 96 valence electrons. The molecule has 0 aromatic heterocycles. The van der Waals surface area contributed by atoms with Crippen molar-refractivity contribution in [2.45, 2.75) is 26.4 Å². The van der Waals surface area contributed by atoms with E-state index in [1.807, 2.05) is 13.8 Å². The maximum absolute atomic E-state index is 13.1. The number of halogens is 1. The third-order valence-electron chi connectivity index (χ3n) is 2.30. The van der Waals surface area contributed by atoms with Crippen LogP contribution < -0.4 is 4.74 Å². The summed E-state index contributed by atoms with van der Waals surface area (Å²) < 4.78 is 18.3. The van der Waals surface area contributed by atoms with Crippen LogP contribution in [0, 0.1) is 23.1 Å². The van der Waals surface area contributed by atoms with Crippen molar-refractivity contribution in [3.05, 3.63) is 29.6 Å². The zero-order valence-electron chi connectivity index (χ0n) is 10.2. The highest BCUT2D eigenvalue weighted by molar-refractivity contribution is 5.72. The molecule has 0 spiro atoms. The van der Waals surface area contributed by atoms with E-state index in [1.54, 1.807) is 6.07 Å². The lowest BCUT2D eigenvalue weighted by atomic mass is 10.1. The van der Waals surface area contributed by atoms with Gasteiger partial charge >= 0.3 is 5.97 Å². The van der Waals surface area contributed by atoms with Crippen LogP contribution >= 0.6 is 0 Å². The number of aliphatic carboxylic acids is 1. The highest BCUT2D eigenvalue weighted by Crippen LogP contribution is 2.19. The van der Waals surface area contributed by atoms with Gasteiger partial charge in [-0.15, -0.1) is 0 Å². The molecule has 18 heavy (non-hydrogen) atoms. The van der Waals surface area contributed by atoms with Gasteiger partial charge in [0.2, 0.25) is 0 Å². The quantitative estimate of drug-likeness (QED) is 0.873. The number of hydrogen-bond acceptors (Lipinski definition) is 3. The molecule has 1 aromatic rings. The summed E-state index contributed by atoms with van der Waals surface area (Å²) in [5.74, 6) is -1.39. The number of carboxylic acids is 1. The second-order valence-electron chi connectivity index (χ2n) is 4.33. The number of benzene rings is 1. The molecule has 5 heteroatoms. The van der Waals surface area contributed by atoms with E-state index in [1.165, 1.54) is 12.1 Å². The molecule has 0 heterocycles. The molecule has 1 unspecified atom stereocenters. The summed E-state index contributed by atoms with van der Waals surface area (Å²) in [6.07, 6.45) is -0.656. The van der Waals surface area contributed by atoms with Crippen LogP contribution in [0.2, 0.25) is 0 Å². The van der Waals surface area contributed by atoms with Gasteiger partial charge in [0.15, 0.2) is 6.10 Å². The van der Waals surface area contributed by atoms with Crippen LogP contribution in [-0.4, -0.2) is 17.2 Å². The second kappa shape index (κ2) is 6.01. The highest BCUT2D eigenvalue weighted by atomic mass is 19.1. The fourth-order valence-corrected chi connectivity index (χ4v) is 1.46. The molecule has 0 aliphatic heterocycles. The SMILES string of the molecule is CC(C)CC(Oc1ccc(F)c(C#N)c1)C(=O)O.